The van der Waals surface area contributed by atoms with Crippen molar-refractivity contribution in [1.82, 2.24) is 10.4 Å². The van der Waals surface area contributed by atoms with Crippen molar-refractivity contribution in [2.24, 2.45) is 0 Å². The number of nitrogens with zero attached hydrogens (tertiary/aromatic N) is 3. The third kappa shape index (κ3) is 6.05. The number of rotatable bonds is 11. The number of furan rings is 1. The molecule has 1 aliphatic heterocycles. The normalized spacial score (nSPS) is 15.2. The second-order valence-electron chi connectivity index (χ2n) is 7.57. The van der Waals surface area contributed by atoms with Gasteiger partial charge in [-0.3, -0.25) is 19.3 Å². The highest BCUT2D eigenvalue weighted by Gasteiger charge is 2.34. The molecule has 3 rings (SSSR count). The van der Waals surface area contributed by atoms with E-state index < -0.39 is 42.1 Å². The summed E-state index contributed by atoms with van der Waals surface area (Å²) < 4.78 is 64.7. The van der Waals surface area contributed by atoms with Gasteiger partial charge in [-0.15, -0.1) is 0 Å². The van der Waals surface area contributed by atoms with Gasteiger partial charge in [0.1, 0.15) is 11.8 Å². The number of carbonyl (C=O) groups is 3. The lowest BCUT2D eigenvalue weighted by atomic mass is 10.2. The summed E-state index contributed by atoms with van der Waals surface area (Å²) in [7, 11) is 1.27. The average molecular weight is 516 g/mol. The highest BCUT2D eigenvalue weighted by atomic mass is 19.3. The molecule has 0 radical (unpaired) electrons. The summed E-state index contributed by atoms with van der Waals surface area (Å²) in [5.41, 5.74) is -0.528. The maximum atomic E-state index is 15.0. The quantitative estimate of drug-likeness (QED) is 0.362. The van der Waals surface area contributed by atoms with Gasteiger partial charge in [0.05, 0.1) is 38.7 Å². The van der Waals surface area contributed by atoms with E-state index in [1.807, 2.05) is 5.32 Å². The van der Waals surface area contributed by atoms with E-state index in [0.717, 1.165) is 22.1 Å². The molecule has 0 unspecified atom stereocenters. The zero-order valence-corrected chi connectivity index (χ0v) is 19.4. The molecule has 1 aromatic heterocycles. The Morgan fingerprint density at radius 1 is 1.25 bits per heavy atom. The molecule has 10 nitrogen and oxygen atoms in total. The molecule has 1 fully saturated rings. The molecule has 0 aliphatic carbocycles. The molecule has 1 atom stereocenters. The maximum absolute atomic E-state index is 15.0. The van der Waals surface area contributed by atoms with Gasteiger partial charge >= 0.3 is 18.4 Å². The highest BCUT2D eigenvalue weighted by molar-refractivity contribution is 5.91. The Morgan fingerprint density at radius 2 is 1.94 bits per heavy atom. The molecule has 1 aliphatic rings. The zero-order valence-electron chi connectivity index (χ0n) is 19.4. The summed E-state index contributed by atoms with van der Waals surface area (Å²) in [5, 5.41) is 2.91. The Bertz CT molecular complexity index is 1060. The molecule has 0 spiro atoms. The van der Waals surface area contributed by atoms with E-state index in [0.29, 0.717) is 0 Å². The van der Waals surface area contributed by atoms with E-state index in [4.69, 9.17) is 14.0 Å². The highest BCUT2D eigenvalue weighted by Crippen LogP contribution is 2.31. The number of hydroxylamine groups is 2. The van der Waals surface area contributed by atoms with Crippen LogP contribution in [0.1, 0.15) is 17.5 Å². The van der Waals surface area contributed by atoms with Crippen molar-refractivity contribution < 1.29 is 45.9 Å². The first-order valence-electron chi connectivity index (χ1n) is 10.8. The van der Waals surface area contributed by atoms with Crippen LogP contribution in [-0.4, -0.2) is 75.3 Å². The predicted octanol–water partition coefficient (Wildman–Crippen LogP) is 2.79. The first-order valence-corrected chi connectivity index (χ1v) is 10.8. The molecule has 1 N–H and O–H groups in total. The molecule has 3 amide bonds. The van der Waals surface area contributed by atoms with Gasteiger partial charge in [0.25, 0.3) is 5.91 Å². The fraction of sp³-hybridized carbons (Fsp3) is 0.409. The minimum Gasteiger partial charge on any atom is -0.459 e. The number of benzene rings is 1. The summed E-state index contributed by atoms with van der Waals surface area (Å²) in [6.07, 6.45) is -3.83. The average Bonchev–Trinajstić information content (AvgIpc) is 3.50. The number of cyclic esters (lactones) is 1. The second kappa shape index (κ2) is 11.7. The fourth-order valence-electron chi connectivity index (χ4n) is 3.58. The topological polar surface area (TPSA) is 105 Å². The van der Waals surface area contributed by atoms with Crippen LogP contribution in [0.15, 0.2) is 34.9 Å². The Labute approximate surface area is 203 Å². The van der Waals surface area contributed by atoms with Crippen LogP contribution in [0.4, 0.5) is 33.7 Å². The van der Waals surface area contributed by atoms with Crippen molar-refractivity contribution in [2.45, 2.75) is 19.5 Å². The third-order valence-corrected chi connectivity index (χ3v) is 5.34. The van der Waals surface area contributed by atoms with Crippen LogP contribution < -0.4 is 15.1 Å². The molecule has 36 heavy (non-hydrogen) atoms. The van der Waals surface area contributed by atoms with Crippen molar-refractivity contribution in [2.75, 3.05) is 49.6 Å². The van der Waals surface area contributed by atoms with Gasteiger partial charge in [0, 0.05) is 25.2 Å². The molecule has 14 heteroatoms. The van der Waals surface area contributed by atoms with Crippen molar-refractivity contribution in [3.05, 3.63) is 47.9 Å². The van der Waals surface area contributed by atoms with Gasteiger partial charge in [-0.25, -0.2) is 18.6 Å². The lowest BCUT2D eigenvalue weighted by Gasteiger charge is -2.28. The lowest BCUT2D eigenvalue weighted by Crippen LogP contribution is -2.38. The largest absolute Gasteiger partial charge is 0.459 e. The predicted molar refractivity (Wildman–Crippen MR) is 118 cm³/mol. The number of alkyl halides is 2. The lowest BCUT2D eigenvalue weighted by molar-refractivity contribution is -0.132. The number of amides is 3. The van der Waals surface area contributed by atoms with Crippen molar-refractivity contribution in [3.63, 3.8) is 0 Å². The molecular weight excluding hydrogens is 492 g/mol. The van der Waals surface area contributed by atoms with E-state index in [9.17, 15) is 23.2 Å². The number of hydrogen-bond acceptors (Lipinski definition) is 7. The SMILES string of the molecule is CCN(CCN(OC)C(=O)c1ccco1)c1c(F)cc(N2C[C@H](CNC(=O)C(F)F)OC2=O)cc1F. The van der Waals surface area contributed by atoms with Gasteiger partial charge in [-0.05, 0) is 19.1 Å². The molecule has 196 valence electrons. The molecule has 1 saturated heterocycles. The van der Waals surface area contributed by atoms with Gasteiger partial charge in [-0.2, -0.15) is 8.78 Å². The fourth-order valence-corrected chi connectivity index (χ4v) is 3.58. The Hall–Kier alpha value is -3.81. The Morgan fingerprint density at radius 3 is 2.50 bits per heavy atom. The van der Waals surface area contributed by atoms with Crippen LogP contribution in [-0.2, 0) is 14.4 Å². The van der Waals surface area contributed by atoms with Gasteiger partial charge in [0.2, 0.25) is 0 Å². The van der Waals surface area contributed by atoms with Crippen molar-refractivity contribution >= 4 is 29.3 Å². The second-order valence-corrected chi connectivity index (χ2v) is 7.57. The summed E-state index contributed by atoms with van der Waals surface area (Å²) >= 11 is 0. The molecule has 0 saturated carbocycles. The van der Waals surface area contributed by atoms with Crippen molar-refractivity contribution in [1.29, 1.82) is 0 Å². The summed E-state index contributed by atoms with van der Waals surface area (Å²) in [6.45, 7) is 1.20. The number of likely N-dealkylation sites (N-methyl/N-ethyl adjacent to an activating group) is 1. The van der Waals surface area contributed by atoms with Crippen LogP contribution in [0.25, 0.3) is 0 Å². The number of ether oxygens (including phenoxy) is 1. The number of halogens is 4. The first kappa shape index (κ1) is 26.8. The molecule has 2 heterocycles. The van der Waals surface area contributed by atoms with E-state index in [1.165, 1.54) is 30.4 Å². The summed E-state index contributed by atoms with van der Waals surface area (Å²) in [5.74, 6) is -4.01. The summed E-state index contributed by atoms with van der Waals surface area (Å²) in [6, 6.07) is 4.85. The molecule has 2 aromatic rings. The van der Waals surface area contributed by atoms with Crippen LogP contribution >= 0.6 is 0 Å². The van der Waals surface area contributed by atoms with Gasteiger partial charge < -0.3 is 19.4 Å². The van der Waals surface area contributed by atoms with Gasteiger partial charge in [-0.1, -0.05) is 0 Å². The Balaban J connectivity index is 1.69. The minimum atomic E-state index is -3.23. The number of nitrogens with one attached hydrogen (secondary N) is 1. The molecular formula is C22H24F4N4O6. The monoisotopic (exact) mass is 516 g/mol. The van der Waals surface area contributed by atoms with E-state index in [2.05, 4.69) is 0 Å². The third-order valence-electron chi connectivity index (χ3n) is 5.34. The number of hydrogen-bond donors (Lipinski definition) is 1. The van der Waals surface area contributed by atoms with Crippen LogP contribution in [0.3, 0.4) is 0 Å². The van der Waals surface area contributed by atoms with E-state index in [-0.39, 0.29) is 49.9 Å². The smallest absolute Gasteiger partial charge is 0.414 e. The van der Waals surface area contributed by atoms with Crippen LogP contribution in [0, 0.1) is 11.6 Å². The minimum absolute atomic E-state index is 0.00163. The standard InChI is InChI=1S/C22H24F4N4O6/c1-3-28(6-7-30(34-2)21(32)17-5-4-8-35-17)18-15(23)9-13(10-16(18)24)29-12-14(36-22(29)33)11-27-20(31)19(25)26/h4-5,8-10,14,19H,3,6-7,11-12H2,1-2H3,(H,27,31)/t14-/m0/s1. The summed E-state index contributed by atoms with van der Waals surface area (Å²) in [4.78, 5) is 42.9. The van der Waals surface area contributed by atoms with Gasteiger partial charge in [0.15, 0.2) is 17.4 Å². The zero-order chi connectivity index (χ0) is 26.4. The molecule has 0 bridgehead atoms. The Kier molecular flexibility index (Phi) is 8.74. The van der Waals surface area contributed by atoms with Crippen LogP contribution in [0.2, 0.25) is 0 Å². The van der Waals surface area contributed by atoms with E-state index >= 15 is 8.78 Å². The number of carbonyl (C=O) groups excluding carboxylic acids is 3. The maximum Gasteiger partial charge on any atom is 0.414 e. The van der Waals surface area contributed by atoms with Crippen molar-refractivity contribution in [3.8, 4) is 0 Å². The van der Waals surface area contributed by atoms with Crippen LogP contribution in [0.5, 0.6) is 0 Å². The molecule has 1 aromatic carbocycles. The number of anilines is 2. The van der Waals surface area contributed by atoms with E-state index in [1.54, 1.807) is 6.92 Å². The first-order chi connectivity index (χ1) is 17.2.